The molecule has 72 valence electrons. The van der Waals surface area contributed by atoms with Crippen molar-refractivity contribution in [3.8, 4) is 0 Å². The van der Waals surface area contributed by atoms with Gasteiger partial charge in [-0.1, -0.05) is 11.6 Å². The summed E-state index contributed by atoms with van der Waals surface area (Å²) in [6.45, 7) is 0. The van der Waals surface area contributed by atoms with Gasteiger partial charge in [0.25, 0.3) is 0 Å². The zero-order valence-corrected chi connectivity index (χ0v) is 7.71. The number of halogens is 1. The van der Waals surface area contributed by atoms with Gasteiger partial charge in [0.1, 0.15) is 5.76 Å². The number of aliphatic hydroxyl groups is 2. The van der Waals surface area contributed by atoms with Crippen LogP contribution in [0.3, 0.4) is 0 Å². The Kier molecular flexibility index (Phi) is 2.95. The van der Waals surface area contributed by atoms with Gasteiger partial charge in [-0.15, -0.1) is 0 Å². The molecule has 1 aliphatic rings. The van der Waals surface area contributed by atoms with E-state index in [1.165, 1.54) is 13.2 Å². The average Bonchev–Trinajstić information content (AvgIpc) is 2.10. The number of rotatable bonds is 1. The molecule has 0 aliphatic heterocycles. The second-order valence-corrected chi connectivity index (χ2v) is 3.01. The minimum absolute atomic E-state index is 0.0558. The summed E-state index contributed by atoms with van der Waals surface area (Å²) in [6.07, 6.45) is 0.103. The molecule has 1 atom stereocenters. The summed E-state index contributed by atoms with van der Waals surface area (Å²) in [5.41, 5.74) is 0.0605. The summed E-state index contributed by atoms with van der Waals surface area (Å²) < 4.78 is 4.41. The molecule has 5 heteroatoms. The van der Waals surface area contributed by atoms with E-state index in [2.05, 4.69) is 4.74 Å². The minimum Gasteiger partial charge on any atom is -0.511 e. The molecule has 13 heavy (non-hydrogen) atoms. The SMILES string of the molecule is COC(=O)C1=CC(Cl)=C(O)CC1O. The molecule has 4 nitrogen and oxygen atoms in total. The first kappa shape index (κ1) is 10.1. The monoisotopic (exact) mass is 204 g/mol. The zero-order valence-electron chi connectivity index (χ0n) is 6.95. The maximum Gasteiger partial charge on any atom is 0.336 e. The molecule has 0 fully saturated rings. The van der Waals surface area contributed by atoms with Crippen LogP contribution in [0.1, 0.15) is 6.42 Å². The molecule has 0 saturated heterocycles. The molecule has 0 bridgehead atoms. The van der Waals surface area contributed by atoms with Gasteiger partial charge in [0.05, 0.1) is 23.8 Å². The van der Waals surface area contributed by atoms with Crippen LogP contribution in [0.5, 0.6) is 0 Å². The molecule has 0 aromatic rings. The zero-order chi connectivity index (χ0) is 10.0. The standard InChI is InChI=1S/C8H9ClO4/c1-13-8(12)4-2-5(9)7(11)3-6(4)10/h2,6,10-11H,3H2,1H3. The molecule has 0 amide bonds. The summed E-state index contributed by atoms with van der Waals surface area (Å²) in [5, 5.41) is 18.5. The summed E-state index contributed by atoms with van der Waals surface area (Å²) in [7, 11) is 1.21. The Hall–Kier alpha value is -1.00. The third-order valence-corrected chi connectivity index (χ3v) is 2.05. The van der Waals surface area contributed by atoms with Crippen LogP contribution in [0.25, 0.3) is 0 Å². The fraction of sp³-hybridized carbons (Fsp3) is 0.375. The first-order valence-corrected chi connectivity index (χ1v) is 3.99. The van der Waals surface area contributed by atoms with Crippen LogP contribution in [0.2, 0.25) is 0 Å². The van der Waals surface area contributed by atoms with Gasteiger partial charge >= 0.3 is 5.97 Å². The molecule has 0 saturated carbocycles. The quantitative estimate of drug-likeness (QED) is 0.622. The van der Waals surface area contributed by atoms with Crippen molar-refractivity contribution in [1.82, 2.24) is 0 Å². The van der Waals surface area contributed by atoms with Crippen molar-refractivity contribution in [3.63, 3.8) is 0 Å². The van der Waals surface area contributed by atoms with Gasteiger partial charge in [-0.3, -0.25) is 0 Å². The fourth-order valence-corrected chi connectivity index (χ4v) is 1.21. The molecular weight excluding hydrogens is 196 g/mol. The van der Waals surface area contributed by atoms with Crippen molar-refractivity contribution < 1.29 is 19.7 Å². The van der Waals surface area contributed by atoms with Crippen molar-refractivity contribution in [3.05, 3.63) is 22.4 Å². The lowest BCUT2D eigenvalue weighted by Crippen LogP contribution is -2.22. The smallest absolute Gasteiger partial charge is 0.336 e. The van der Waals surface area contributed by atoms with E-state index in [0.717, 1.165) is 0 Å². The minimum atomic E-state index is -1.05. The highest BCUT2D eigenvalue weighted by atomic mass is 35.5. The predicted molar refractivity (Wildman–Crippen MR) is 46.2 cm³/mol. The van der Waals surface area contributed by atoms with Crippen molar-refractivity contribution in [2.45, 2.75) is 12.5 Å². The predicted octanol–water partition coefficient (Wildman–Crippen LogP) is 0.859. The van der Waals surface area contributed by atoms with E-state index in [0.29, 0.717) is 0 Å². The Morgan fingerprint density at radius 2 is 2.38 bits per heavy atom. The molecule has 0 aromatic heterocycles. The summed E-state index contributed by atoms with van der Waals surface area (Å²) in [6, 6.07) is 0. The van der Waals surface area contributed by atoms with Crippen LogP contribution in [-0.2, 0) is 9.53 Å². The first-order chi connectivity index (χ1) is 6.06. The highest BCUT2D eigenvalue weighted by molar-refractivity contribution is 6.32. The molecule has 0 aromatic carbocycles. The van der Waals surface area contributed by atoms with Crippen molar-refractivity contribution >= 4 is 17.6 Å². The second kappa shape index (κ2) is 3.81. The molecule has 2 N–H and O–H groups in total. The van der Waals surface area contributed by atoms with Crippen LogP contribution >= 0.6 is 11.6 Å². The Balaban J connectivity index is 2.96. The number of hydrogen-bond acceptors (Lipinski definition) is 4. The molecule has 0 heterocycles. The molecule has 0 radical (unpaired) electrons. The van der Waals surface area contributed by atoms with E-state index in [1.54, 1.807) is 0 Å². The van der Waals surface area contributed by atoms with E-state index in [1.807, 2.05) is 0 Å². The van der Waals surface area contributed by atoms with Gasteiger partial charge < -0.3 is 14.9 Å². The summed E-state index contributed by atoms with van der Waals surface area (Å²) in [4.78, 5) is 11.0. The number of allylic oxidation sites excluding steroid dienone is 2. The van der Waals surface area contributed by atoms with Gasteiger partial charge in [0.2, 0.25) is 0 Å². The number of esters is 1. The van der Waals surface area contributed by atoms with Crippen LogP contribution in [0, 0.1) is 0 Å². The third kappa shape index (κ3) is 2.02. The van der Waals surface area contributed by atoms with E-state index in [4.69, 9.17) is 16.7 Å². The largest absolute Gasteiger partial charge is 0.511 e. The summed E-state index contributed by atoms with van der Waals surface area (Å²) >= 11 is 5.56. The molecule has 1 rings (SSSR count). The van der Waals surface area contributed by atoms with Crippen LogP contribution in [0.4, 0.5) is 0 Å². The first-order valence-electron chi connectivity index (χ1n) is 3.62. The number of hydrogen-bond donors (Lipinski definition) is 2. The number of methoxy groups -OCH3 is 1. The Labute approximate surface area is 80.1 Å². The number of aliphatic hydroxyl groups excluding tert-OH is 2. The lowest BCUT2D eigenvalue weighted by atomic mass is 10.0. The van der Waals surface area contributed by atoms with E-state index in [9.17, 15) is 9.90 Å². The maximum absolute atomic E-state index is 11.0. The molecule has 1 aliphatic carbocycles. The molecule has 0 spiro atoms. The van der Waals surface area contributed by atoms with Crippen LogP contribution in [-0.4, -0.2) is 29.4 Å². The maximum atomic E-state index is 11.0. The normalized spacial score (nSPS) is 22.7. The van der Waals surface area contributed by atoms with Gasteiger partial charge in [0, 0.05) is 6.42 Å². The van der Waals surface area contributed by atoms with Crippen molar-refractivity contribution in [2.24, 2.45) is 0 Å². The van der Waals surface area contributed by atoms with E-state index >= 15 is 0 Å². The second-order valence-electron chi connectivity index (χ2n) is 2.61. The molecular formula is C8H9ClO4. The van der Waals surface area contributed by atoms with Gasteiger partial charge in [-0.25, -0.2) is 4.79 Å². The third-order valence-electron chi connectivity index (χ3n) is 1.72. The topological polar surface area (TPSA) is 66.8 Å². The lowest BCUT2D eigenvalue weighted by molar-refractivity contribution is -0.137. The highest BCUT2D eigenvalue weighted by Gasteiger charge is 2.25. The Morgan fingerprint density at radius 1 is 1.77 bits per heavy atom. The lowest BCUT2D eigenvalue weighted by Gasteiger charge is -2.17. The van der Waals surface area contributed by atoms with Crippen LogP contribution in [0.15, 0.2) is 22.4 Å². The van der Waals surface area contributed by atoms with Gasteiger partial charge in [-0.05, 0) is 6.08 Å². The Morgan fingerprint density at radius 3 is 2.92 bits per heavy atom. The van der Waals surface area contributed by atoms with Gasteiger partial charge in [0.15, 0.2) is 0 Å². The van der Waals surface area contributed by atoms with Crippen LogP contribution < -0.4 is 0 Å². The average molecular weight is 205 g/mol. The number of ether oxygens (including phenoxy) is 1. The molecule has 1 unspecified atom stereocenters. The number of carbonyl (C=O) groups is 1. The van der Waals surface area contributed by atoms with E-state index in [-0.39, 0.29) is 22.8 Å². The van der Waals surface area contributed by atoms with Gasteiger partial charge in [-0.2, -0.15) is 0 Å². The number of carbonyl (C=O) groups excluding carboxylic acids is 1. The highest BCUT2D eigenvalue weighted by Crippen LogP contribution is 2.25. The van der Waals surface area contributed by atoms with Crippen molar-refractivity contribution in [1.29, 1.82) is 0 Å². The fourth-order valence-electron chi connectivity index (χ4n) is 1.02. The Bertz CT molecular complexity index is 293. The van der Waals surface area contributed by atoms with Crippen molar-refractivity contribution in [2.75, 3.05) is 7.11 Å². The van der Waals surface area contributed by atoms with E-state index < -0.39 is 12.1 Å². The summed E-state index contributed by atoms with van der Waals surface area (Å²) in [5.74, 6) is -0.764.